The Kier molecular flexibility index (Phi) is 6.39. The fraction of sp³-hybridized carbons (Fsp3) is 0. The van der Waals surface area contributed by atoms with Crippen LogP contribution in [-0.2, 0) is 0 Å². The van der Waals surface area contributed by atoms with Crippen LogP contribution in [0.1, 0.15) is 0 Å². The van der Waals surface area contributed by atoms with E-state index in [0.717, 1.165) is 55.5 Å². The lowest BCUT2D eigenvalue weighted by Crippen LogP contribution is -2.09. The van der Waals surface area contributed by atoms with E-state index in [9.17, 15) is 0 Å². The number of oxazole rings is 2. The van der Waals surface area contributed by atoms with Gasteiger partial charge in [0, 0.05) is 33.4 Å². The van der Waals surface area contributed by atoms with E-state index in [1.165, 1.54) is 11.1 Å². The first-order chi connectivity index (χ1) is 24.8. The molecule has 0 saturated heterocycles. The normalized spacial score (nSPS) is 11.6. The topological polar surface area (TPSA) is 60.2 Å². The highest BCUT2D eigenvalue weighted by molar-refractivity contribution is 6.09. The number of aromatic nitrogens is 3. The van der Waals surface area contributed by atoms with Crippen molar-refractivity contribution in [3.05, 3.63) is 170 Å². The summed E-state index contributed by atoms with van der Waals surface area (Å²) in [6.45, 7) is 0. The lowest BCUT2D eigenvalue weighted by Gasteiger charge is -2.25. The smallest absolute Gasteiger partial charge is 0.307 e. The number of hydrogen-bond acceptors (Lipinski definition) is 5. The van der Waals surface area contributed by atoms with Gasteiger partial charge in [-0.1, -0.05) is 97.1 Å². The first-order valence-electron chi connectivity index (χ1n) is 16.6. The number of fused-ring (bicyclic) bond motifs is 5. The van der Waals surface area contributed by atoms with E-state index in [0.29, 0.717) is 23.1 Å². The van der Waals surface area contributed by atoms with Crippen LogP contribution in [0.3, 0.4) is 0 Å². The Balaban J connectivity index is 1.02. The molecule has 50 heavy (non-hydrogen) atoms. The molecule has 0 aliphatic carbocycles. The lowest BCUT2D eigenvalue weighted by atomic mass is 10.0. The van der Waals surface area contributed by atoms with Gasteiger partial charge in [-0.25, -0.2) is 4.98 Å². The average Bonchev–Trinajstić information content (AvgIpc) is 3.89. The predicted molar refractivity (Wildman–Crippen MR) is 201 cm³/mol. The molecular weight excluding hydrogens is 617 g/mol. The van der Waals surface area contributed by atoms with Gasteiger partial charge in [0.15, 0.2) is 11.2 Å². The van der Waals surface area contributed by atoms with Gasteiger partial charge in [0.2, 0.25) is 5.89 Å². The zero-order chi connectivity index (χ0) is 33.0. The highest BCUT2D eigenvalue weighted by Gasteiger charge is 2.19. The summed E-state index contributed by atoms with van der Waals surface area (Å²) in [5.41, 5.74) is 11.3. The molecule has 0 amide bonds. The maximum absolute atomic E-state index is 6.33. The van der Waals surface area contributed by atoms with Gasteiger partial charge in [0.25, 0.3) is 0 Å². The fourth-order valence-electron chi connectivity index (χ4n) is 6.91. The molecule has 6 heteroatoms. The van der Waals surface area contributed by atoms with E-state index in [4.69, 9.17) is 18.8 Å². The van der Waals surface area contributed by atoms with Crippen molar-refractivity contribution in [1.82, 2.24) is 14.5 Å². The van der Waals surface area contributed by atoms with Crippen LogP contribution < -0.4 is 4.90 Å². The summed E-state index contributed by atoms with van der Waals surface area (Å²) in [4.78, 5) is 12.1. The molecule has 0 spiro atoms. The Morgan fingerprint density at radius 1 is 0.420 bits per heavy atom. The highest BCUT2D eigenvalue weighted by atomic mass is 16.4. The van der Waals surface area contributed by atoms with Gasteiger partial charge in [0.1, 0.15) is 11.0 Å². The molecule has 7 aromatic carbocycles. The lowest BCUT2D eigenvalue weighted by molar-refractivity contribution is 0.574. The molecule has 3 heterocycles. The molecule has 3 aromatic heterocycles. The van der Waals surface area contributed by atoms with E-state index in [-0.39, 0.29) is 0 Å². The fourth-order valence-corrected chi connectivity index (χ4v) is 6.91. The molecule has 0 aliphatic heterocycles. The minimum atomic E-state index is 0.523. The van der Waals surface area contributed by atoms with Crippen molar-refractivity contribution >= 4 is 61.1 Å². The molecular formula is C44H28N4O2. The van der Waals surface area contributed by atoms with Gasteiger partial charge < -0.3 is 13.7 Å². The minimum Gasteiger partial charge on any atom is -0.436 e. The van der Waals surface area contributed by atoms with Gasteiger partial charge in [0.05, 0.1) is 11.0 Å². The van der Waals surface area contributed by atoms with Gasteiger partial charge >= 0.3 is 6.01 Å². The van der Waals surface area contributed by atoms with Gasteiger partial charge in [-0.2, -0.15) is 4.98 Å². The summed E-state index contributed by atoms with van der Waals surface area (Å²) in [7, 11) is 0. The van der Waals surface area contributed by atoms with E-state index in [1.807, 2.05) is 48.5 Å². The van der Waals surface area contributed by atoms with Gasteiger partial charge in [-0.3, -0.25) is 4.57 Å². The second-order valence-corrected chi connectivity index (χ2v) is 12.3. The van der Waals surface area contributed by atoms with Crippen LogP contribution in [0.2, 0.25) is 0 Å². The van der Waals surface area contributed by atoms with Crippen LogP contribution in [0, 0.1) is 0 Å². The summed E-state index contributed by atoms with van der Waals surface area (Å²) in [6, 6.07) is 58.7. The molecule has 6 nitrogen and oxygen atoms in total. The molecule has 0 radical (unpaired) electrons. The zero-order valence-electron chi connectivity index (χ0n) is 26.8. The van der Waals surface area contributed by atoms with Crippen LogP contribution in [0.25, 0.3) is 72.6 Å². The van der Waals surface area contributed by atoms with Crippen molar-refractivity contribution in [3.8, 4) is 28.6 Å². The molecule has 10 rings (SSSR count). The summed E-state index contributed by atoms with van der Waals surface area (Å²) >= 11 is 0. The molecule has 0 N–H and O–H groups in total. The van der Waals surface area contributed by atoms with E-state index >= 15 is 0 Å². The maximum Gasteiger partial charge on any atom is 0.307 e. The van der Waals surface area contributed by atoms with Crippen LogP contribution in [0.15, 0.2) is 179 Å². The van der Waals surface area contributed by atoms with Crippen LogP contribution in [0.4, 0.5) is 17.1 Å². The Bertz CT molecular complexity index is 2760. The Morgan fingerprint density at radius 2 is 0.960 bits per heavy atom. The van der Waals surface area contributed by atoms with Crippen molar-refractivity contribution in [2.45, 2.75) is 0 Å². The summed E-state index contributed by atoms with van der Waals surface area (Å²) < 4.78 is 14.7. The predicted octanol–water partition coefficient (Wildman–Crippen LogP) is 11.9. The largest absolute Gasteiger partial charge is 0.436 e. The SMILES string of the molecule is c1ccc(-c2ccc(N(c3ccccc3)c3ccc4oc(-c5ccc6oc(-n7c8ccccc8c8ccccc87)nc6c5)nc4c3)cc2)cc1. The van der Waals surface area contributed by atoms with E-state index < -0.39 is 0 Å². The van der Waals surface area contributed by atoms with Crippen LogP contribution in [-0.4, -0.2) is 14.5 Å². The third kappa shape index (κ3) is 4.65. The highest BCUT2D eigenvalue weighted by Crippen LogP contribution is 2.38. The number of anilines is 3. The average molecular weight is 645 g/mol. The molecule has 236 valence electrons. The molecule has 0 saturated carbocycles. The first-order valence-corrected chi connectivity index (χ1v) is 16.6. The van der Waals surface area contributed by atoms with Crippen molar-refractivity contribution in [2.24, 2.45) is 0 Å². The van der Waals surface area contributed by atoms with Crippen LogP contribution >= 0.6 is 0 Å². The van der Waals surface area contributed by atoms with E-state index in [2.05, 4.69) is 131 Å². The molecule has 0 fully saturated rings. The third-order valence-electron chi connectivity index (χ3n) is 9.27. The molecule has 10 aromatic rings. The summed E-state index contributed by atoms with van der Waals surface area (Å²) in [5.74, 6) is 0.527. The maximum atomic E-state index is 6.33. The molecule has 0 unspecified atom stereocenters. The quantitative estimate of drug-likeness (QED) is 0.180. The number of benzene rings is 7. The third-order valence-corrected chi connectivity index (χ3v) is 9.27. The van der Waals surface area contributed by atoms with E-state index in [1.54, 1.807) is 0 Å². The number of hydrogen-bond donors (Lipinski definition) is 0. The van der Waals surface area contributed by atoms with Crippen molar-refractivity contribution in [3.63, 3.8) is 0 Å². The van der Waals surface area contributed by atoms with Crippen LogP contribution in [0.5, 0.6) is 0 Å². The number of para-hydroxylation sites is 3. The second-order valence-electron chi connectivity index (χ2n) is 12.3. The summed E-state index contributed by atoms with van der Waals surface area (Å²) in [6.07, 6.45) is 0. The van der Waals surface area contributed by atoms with Crippen molar-refractivity contribution < 1.29 is 8.83 Å². The number of rotatable bonds is 6. The molecule has 0 bridgehead atoms. The zero-order valence-corrected chi connectivity index (χ0v) is 26.8. The Morgan fingerprint density at radius 3 is 1.70 bits per heavy atom. The second kappa shape index (κ2) is 11.4. The minimum absolute atomic E-state index is 0.523. The Hall–Kier alpha value is -6.92. The van der Waals surface area contributed by atoms with Gasteiger partial charge in [-0.15, -0.1) is 0 Å². The molecule has 0 aliphatic rings. The standard InChI is InChI=1S/C44H28N4O2/c1-3-11-29(12-4-1)30-19-22-33(23-20-30)47(32-13-5-2-6-14-32)34-24-26-41-38(28-34)45-43(49-41)31-21-25-42-37(27-31)46-44(50-42)48-39-17-9-7-15-35(39)36-16-8-10-18-40(36)48/h1-28H. The molecule has 0 atom stereocenters. The first kappa shape index (κ1) is 28.1. The number of nitrogens with zero attached hydrogens (tertiary/aromatic N) is 4. The van der Waals surface area contributed by atoms with Crippen molar-refractivity contribution in [1.29, 1.82) is 0 Å². The monoisotopic (exact) mass is 644 g/mol. The van der Waals surface area contributed by atoms with Crippen molar-refractivity contribution in [2.75, 3.05) is 4.90 Å². The Labute approximate surface area is 287 Å². The van der Waals surface area contributed by atoms with Gasteiger partial charge in [-0.05, 0) is 83.9 Å². The summed E-state index contributed by atoms with van der Waals surface area (Å²) in [5, 5.41) is 2.32.